The zero-order valence-electron chi connectivity index (χ0n) is 15.2. The van der Waals surface area contributed by atoms with Gasteiger partial charge in [0.25, 0.3) is 0 Å². The molecule has 140 valence electrons. The maximum absolute atomic E-state index is 13.0. The number of ether oxygens (including phenoxy) is 1. The van der Waals surface area contributed by atoms with E-state index in [-0.39, 0.29) is 17.9 Å². The topological polar surface area (TPSA) is 54.5 Å². The van der Waals surface area contributed by atoms with Gasteiger partial charge in [-0.05, 0) is 36.8 Å². The van der Waals surface area contributed by atoms with Crippen LogP contribution in [0.2, 0.25) is 0 Å². The van der Waals surface area contributed by atoms with E-state index in [4.69, 9.17) is 4.74 Å². The zero-order valence-corrected chi connectivity index (χ0v) is 16.9. The molecule has 0 saturated carbocycles. The van der Waals surface area contributed by atoms with E-state index in [9.17, 15) is 4.79 Å². The van der Waals surface area contributed by atoms with Gasteiger partial charge in [0.15, 0.2) is 5.13 Å². The lowest BCUT2D eigenvalue weighted by atomic mass is 9.93. The van der Waals surface area contributed by atoms with Crippen LogP contribution in [0.15, 0.2) is 16.8 Å². The minimum absolute atomic E-state index is 0.0911. The number of rotatable bonds is 4. The Kier molecular flexibility index (Phi) is 5.29. The van der Waals surface area contributed by atoms with E-state index in [1.807, 2.05) is 18.7 Å². The third kappa shape index (κ3) is 3.66. The number of thiazole rings is 1. The number of nitrogens with one attached hydrogen (secondary N) is 1. The summed E-state index contributed by atoms with van der Waals surface area (Å²) in [6, 6.07) is 2.52. The molecular formula is C19H25N3O2S2. The third-order valence-electron chi connectivity index (χ3n) is 5.31. The molecule has 4 heterocycles. The SMILES string of the molecule is Cc1csc(NC2CCN(C(=O)[C@H](C)[C@H]3OCCc4sccc43)CC2)n1. The van der Waals surface area contributed by atoms with E-state index in [0.29, 0.717) is 6.04 Å². The van der Waals surface area contributed by atoms with Crippen LogP contribution in [0.4, 0.5) is 5.13 Å². The monoisotopic (exact) mass is 391 g/mol. The van der Waals surface area contributed by atoms with Crippen molar-refractivity contribution in [3.05, 3.63) is 33.0 Å². The number of nitrogens with zero attached hydrogens (tertiary/aromatic N) is 2. The molecule has 0 aliphatic carbocycles. The Morgan fingerprint density at radius 3 is 2.92 bits per heavy atom. The van der Waals surface area contributed by atoms with Crippen molar-refractivity contribution < 1.29 is 9.53 Å². The number of carbonyl (C=O) groups is 1. The van der Waals surface area contributed by atoms with E-state index in [1.165, 1.54) is 10.4 Å². The summed E-state index contributed by atoms with van der Waals surface area (Å²) in [5.41, 5.74) is 2.28. The molecule has 2 aliphatic heterocycles. The Morgan fingerprint density at radius 1 is 1.38 bits per heavy atom. The third-order valence-corrected chi connectivity index (χ3v) is 7.20. The van der Waals surface area contributed by atoms with Gasteiger partial charge in [0.05, 0.1) is 24.3 Å². The van der Waals surface area contributed by atoms with Gasteiger partial charge in [0, 0.05) is 35.8 Å². The minimum atomic E-state index is -0.130. The Bertz CT molecular complexity index is 764. The van der Waals surface area contributed by atoms with Gasteiger partial charge in [-0.15, -0.1) is 22.7 Å². The molecule has 0 spiro atoms. The van der Waals surface area contributed by atoms with Gasteiger partial charge < -0.3 is 15.0 Å². The van der Waals surface area contributed by atoms with Crippen molar-refractivity contribution in [3.8, 4) is 0 Å². The number of piperidine rings is 1. The summed E-state index contributed by atoms with van der Waals surface area (Å²) in [7, 11) is 0. The number of hydrogen-bond donors (Lipinski definition) is 1. The molecule has 5 nitrogen and oxygen atoms in total. The fourth-order valence-corrected chi connectivity index (χ4v) is 5.51. The van der Waals surface area contributed by atoms with Gasteiger partial charge in [0.1, 0.15) is 0 Å². The van der Waals surface area contributed by atoms with Crippen molar-refractivity contribution in [2.75, 3.05) is 25.0 Å². The standard InChI is InChI=1S/C19H25N3O2S2/c1-12-11-26-19(20-12)21-14-3-7-22(8-4-14)18(23)13(2)17-15-6-10-25-16(15)5-9-24-17/h6,10-11,13-14,17H,3-5,7-9H2,1-2H3,(H,20,21)/t13-,17-/m1/s1. The van der Waals surface area contributed by atoms with Gasteiger partial charge >= 0.3 is 0 Å². The maximum atomic E-state index is 13.0. The van der Waals surface area contributed by atoms with Crippen molar-refractivity contribution >= 4 is 33.7 Å². The van der Waals surface area contributed by atoms with Crippen LogP contribution in [-0.2, 0) is 16.0 Å². The number of thiophene rings is 1. The first-order valence-electron chi connectivity index (χ1n) is 9.27. The van der Waals surface area contributed by atoms with E-state index >= 15 is 0 Å². The molecule has 0 bridgehead atoms. The number of amides is 1. The van der Waals surface area contributed by atoms with Crippen molar-refractivity contribution in [2.24, 2.45) is 5.92 Å². The van der Waals surface area contributed by atoms with Gasteiger partial charge in [-0.3, -0.25) is 4.79 Å². The first-order chi connectivity index (χ1) is 12.6. The number of aromatic nitrogens is 1. The lowest BCUT2D eigenvalue weighted by Gasteiger charge is -2.36. The second kappa shape index (κ2) is 7.66. The van der Waals surface area contributed by atoms with Crippen LogP contribution in [0.3, 0.4) is 0 Å². The molecule has 0 aromatic carbocycles. The molecule has 1 N–H and O–H groups in total. The molecule has 26 heavy (non-hydrogen) atoms. The predicted octanol–water partition coefficient (Wildman–Crippen LogP) is 3.87. The van der Waals surface area contributed by atoms with Crippen LogP contribution in [0.5, 0.6) is 0 Å². The largest absolute Gasteiger partial charge is 0.372 e. The van der Waals surface area contributed by atoms with Gasteiger partial charge in [-0.1, -0.05) is 6.92 Å². The maximum Gasteiger partial charge on any atom is 0.228 e. The molecule has 0 unspecified atom stereocenters. The van der Waals surface area contributed by atoms with Crippen LogP contribution >= 0.6 is 22.7 Å². The summed E-state index contributed by atoms with van der Waals surface area (Å²) in [6.07, 6.45) is 2.81. The molecule has 1 amide bonds. The van der Waals surface area contributed by atoms with Crippen LogP contribution in [-0.4, -0.2) is 41.5 Å². The van der Waals surface area contributed by atoms with Crippen molar-refractivity contribution in [2.45, 2.75) is 45.3 Å². The van der Waals surface area contributed by atoms with Crippen LogP contribution in [0.25, 0.3) is 0 Å². The van der Waals surface area contributed by atoms with E-state index in [1.54, 1.807) is 22.7 Å². The van der Waals surface area contributed by atoms with Gasteiger partial charge in [-0.2, -0.15) is 0 Å². The smallest absolute Gasteiger partial charge is 0.228 e. The molecule has 2 aliphatic rings. The highest BCUT2D eigenvalue weighted by Gasteiger charge is 2.34. The molecular weight excluding hydrogens is 366 g/mol. The molecule has 2 aromatic heterocycles. The number of aryl methyl sites for hydroxylation is 1. The number of hydrogen-bond acceptors (Lipinski definition) is 6. The molecule has 0 radical (unpaired) electrons. The second-order valence-corrected chi connectivity index (χ2v) is 9.03. The predicted molar refractivity (Wildman–Crippen MR) is 106 cm³/mol. The summed E-state index contributed by atoms with van der Waals surface area (Å²) in [5.74, 6) is 0.0902. The number of anilines is 1. The van der Waals surface area contributed by atoms with Crippen molar-refractivity contribution in [3.63, 3.8) is 0 Å². The van der Waals surface area contributed by atoms with Crippen molar-refractivity contribution in [1.29, 1.82) is 0 Å². The average molecular weight is 392 g/mol. The lowest BCUT2D eigenvalue weighted by molar-refractivity contribution is -0.142. The van der Waals surface area contributed by atoms with Crippen LogP contribution < -0.4 is 5.32 Å². The Hall–Kier alpha value is -1.44. The molecule has 1 fully saturated rings. The summed E-state index contributed by atoms with van der Waals surface area (Å²) in [4.78, 5) is 20.9. The van der Waals surface area contributed by atoms with Gasteiger partial charge in [0.2, 0.25) is 5.91 Å². The molecule has 4 rings (SSSR count). The summed E-state index contributed by atoms with van der Waals surface area (Å²) in [6.45, 7) is 6.34. The summed E-state index contributed by atoms with van der Waals surface area (Å²) >= 11 is 3.43. The number of fused-ring (bicyclic) bond motifs is 1. The Balaban J connectivity index is 1.34. The molecule has 1 saturated heterocycles. The number of likely N-dealkylation sites (tertiary alicyclic amines) is 1. The summed E-state index contributed by atoms with van der Waals surface area (Å²) < 4.78 is 5.98. The molecule has 7 heteroatoms. The second-order valence-electron chi connectivity index (χ2n) is 7.17. The average Bonchev–Trinajstić information content (AvgIpc) is 3.29. The highest BCUT2D eigenvalue weighted by atomic mass is 32.1. The van der Waals surface area contributed by atoms with E-state index < -0.39 is 0 Å². The lowest BCUT2D eigenvalue weighted by Crippen LogP contribution is -2.45. The van der Waals surface area contributed by atoms with Gasteiger partial charge in [-0.25, -0.2) is 4.98 Å². The first-order valence-corrected chi connectivity index (χ1v) is 11.0. The van der Waals surface area contributed by atoms with E-state index in [0.717, 1.165) is 49.8 Å². The van der Waals surface area contributed by atoms with Crippen LogP contribution in [0, 0.1) is 12.8 Å². The highest BCUT2D eigenvalue weighted by molar-refractivity contribution is 7.13. The summed E-state index contributed by atoms with van der Waals surface area (Å²) in [5, 5.41) is 8.67. The fraction of sp³-hybridized carbons (Fsp3) is 0.579. The molecule has 2 aromatic rings. The van der Waals surface area contributed by atoms with Crippen molar-refractivity contribution in [1.82, 2.24) is 9.88 Å². The number of carbonyl (C=O) groups excluding carboxylic acids is 1. The zero-order chi connectivity index (χ0) is 18.1. The minimum Gasteiger partial charge on any atom is -0.372 e. The quantitative estimate of drug-likeness (QED) is 0.860. The Morgan fingerprint density at radius 2 is 2.19 bits per heavy atom. The van der Waals surface area contributed by atoms with Crippen LogP contribution in [0.1, 0.15) is 42.0 Å². The highest BCUT2D eigenvalue weighted by Crippen LogP contribution is 2.36. The molecule has 2 atom stereocenters. The normalized spacial score (nSPS) is 22.1. The van der Waals surface area contributed by atoms with E-state index in [2.05, 4.69) is 27.1 Å². The fourth-order valence-electron chi connectivity index (χ4n) is 3.85. The first kappa shape index (κ1) is 17.9. The Labute approximate surface area is 162 Å².